The minimum atomic E-state index is -0.869. The number of hydrogen-bond donors (Lipinski definition) is 2. The number of amides is 2. The van der Waals surface area contributed by atoms with Gasteiger partial charge in [0, 0.05) is 31.0 Å². The maximum Gasteiger partial charge on any atom is 0.407 e. The van der Waals surface area contributed by atoms with Gasteiger partial charge in [0.1, 0.15) is 0 Å². The Kier molecular flexibility index (Phi) is 1.94. The SMILES string of the molecule is C=CC(=O)NC1[C@H]2CN(C(=O)O)C[C@@H]12. The lowest BCUT2D eigenvalue weighted by Gasteiger charge is -2.15. The predicted molar refractivity (Wildman–Crippen MR) is 48.7 cm³/mol. The fourth-order valence-electron chi connectivity index (χ4n) is 2.12. The topological polar surface area (TPSA) is 69.6 Å². The zero-order chi connectivity index (χ0) is 10.3. The standard InChI is InChI=1S/C9H12N2O3/c1-2-7(12)10-8-5-3-11(9(13)14)4-6(5)8/h2,5-6,8H,1,3-4H2,(H,10,12)(H,13,14)/t5-,6+,8?. The van der Waals surface area contributed by atoms with E-state index >= 15 is 0 Å². The molecule has 3 atom stereocenters. The molecule has 76 valence electrons. The first-order valence-electron chi connectivity index (χ1n) is 4.54. The third-order valence-corrected chi connectivity index (χ3v) is 2.96. The van der Waals surface area contributed by atoms with Crippen molar-refractivity contribution in [1.29, 1.82) is 0 Å². The van der Waals surface area contributed by atoms with E-state index in [0.29, 0.717) is 24.9 Å². The van der Waals surface area contributed by atoms with Crippen LogP contribution in [-0.2, 0) is 4.79 Å². The van der Waals surface area contributed by atoms with Gasteiger partial charge < -0.3 is 15.3 Å². The number of carboxylic acid groups (broad SMARTS) is 1. The summed E-state index contributed by atoms with van der Waals surface area (Å²) in [5, 5.41) is 11.5. The van der Waals surface area contributed by atoms with E-state index in [-0.39, 0.29) is 11.9 Å². The fourth-order valence-corrected chi connectivity index (χ4v) is 2.12. The first-order valence-corrected chi connectivity index (χ1v) is 4.54. The monoisotopic (exact) mass is 196 g/mol. The molecular weight excluding hydrogens is 184 g/mol. The van der Waals surface area contributed by atoms with Gasteiger partial charge in [-0.25, -0.2) is 4.79 Å². The summed E-state index contributed by atoms with van der Waals surface area (Å²) in [7, 11) is 0. The lowest BCUT2D eigenvalue weighted by atomic mass is 10.4. The van der Waals surface area contributed by atoms with Crippen LogP contribution in [0.25, 0.3) is 0 Å². The van der Waals surface area contributed by atoms with Gasteiger partial charge in [0.15, 0.2) is 0 Å². The number of nitrogens with one attached hydrogen (secondary N) is 1. The zero-order valence-corrected chi connectivity index (χ0v) is 7.64. The molecule has 2 N–H and O–H groups in total. The molecule has 1 unspecified atom stereocenters. The van der Waals surface area contributed by atoms with Crippen molar-refractivity contribution in [2.24, 2.45) is 11.8 Å². The summed E-state index contributed by atoms with van der Waals surface area (Å²) in [6.07, 6.45) is 0.370. The Morgan fingerprint density at radius 1 is 1.43 bits per heavy atom. The Morgan fingerprint density at radius 3 is 2.43 bits per heavy atom. The van der Waals surface area contributed by atoms with Crippen LogP contribution in [0, 0.1) is 11.8 Å². The van der Waals surface area contributed by atoms with Gasteiger partial charge in [-0.3, -0.25) is 4.79 Å². The van der Waals surface area contributed by atoms with E-state index in [4.69, 9.17) is 5.11 Å². The van der Waals surface area contributed by atoms with Gasteiger partial charge in [0.25, 0.3) is 0 Å². The molecule has 0 aromatic carbocycles. The molecule has 0 aromatic heterocycles. The van der Waals surface area contributed by atoms with Gasteiger partial charge in [0.2, 0.25) is 5.91 Å². The van der Waals surface area contributed by atoms with Crippen molar-refractivity contribution in [3.63, 3.8) is 0 Å². The highest BCUT2D eigenvalue weighted by Crippen LogP contribution is 2.45. The molecule has 2 rings (SSSR count). The van der Waals surface area contributed by atoms with Crippen LogP contribution in [0.1, 0.15) is 0 Å². The number of carbonyl (C=O) groups is 2. The summed E-state index contributed by atoms with van der Waals surface area (Å²) < 4.78 is 0. The summed E-state index contributed by atoms with van der Waals surface area (Å²) >= 11 is 0. The molecule has 0 spiro atoms. The maximum atomic E-state index is 10.9. The molecule has 1 saturated carbocycles. The lowest BCUT2D eigenvalue weighted by Crippen LogP contribution is -2.36. The lowest BCUT2D eigenvalue weighted by molar-refractivity contribution is -0.116. The highest BCUT2D eigenvalue weighted by molar-refractivity contribution is 5.87. The van der Waals surface area contributed by atoms with Crippen LogP contribution >= 0.6 is 0 Å². The number of piperidine rings is 1. The normalized spacial score (nSPS) is 33.4. The molecular formula is C9H12N2O3. The van der Waals surface area contributed by atoms with Gasteiger partial charge >= 0.3 is 6.09 Å². The van der Waals surface area contributed by atoms with E-state index in [1.165, 1.54) is 11.0 Å². The quantitative estimate of drug-likeness (QED) is 0.606. The van der Waals surface area contributed by atoms with Gasteiger partial charge in [-0.05, 0) is 6.08 Å². The number of carbonyl (C=O) groups excluding carboxylic acids is 1. The Labute approximate surface area is 81.4 Å². The van der Waals surface area contributed by atoms with Crippen LogP contribution in [0.15, 0.2) is 12.7 Å². The van der Waals surface area contributed by atoms with Crippen LogP contribution < -0.4 is 5.32 Å². The summed E-state index contributed by atoms with van der Waals surface area (Å²) in [5.41, 5.74) is 0. The van der Waals surface area contributed by atoms with Gasteiger partial charge in [-0.2, -0.15) is 0 Å². The molecule has 1 aliphatic heterocycles. The number of fused-ring (bicyclic) bond motifs is 1. The molecule has 1 heterocycles. The predicted octanol–water partition coefficient (Wildman–Crippen LogP) is -0.103. The van der Waals surface area contributed by atoms with Crippen LogP contribution in [0.3, 0.4) is 0 Å². The average molecular weight is 196 g/mol. The Morgan fingerprint density at radius 2 is 2.00 bits per heavy atom. The highest BCUT2D eigenvalue weighted by atomic mass is 16.4. The van der Waals surface area contributed by atoms with Crippen molar-refractivity contribution < 1.29 is 14.7 Å². The van der Waals surface area contributed by atoms with E-state index < -0.39 is 6.09 Å². The minimum absolute atomic E-state index is 0.163. The van der Waals surface area contributed by atoms with E-state index in [9.17, 15) is 9.59 Å². The van der Waals surface area contributed by atoms with E-state index in [0.717, 1.165) is 0 Å². The minimum Gasteiger partial charge on any atom is -0.465 e. The van der Waals surface area contributed by atoms with Crippen molar-refractivity contribution in [3.05, 3.63) is 12.7 Å². The van der Waals surface area contributed by atoms with Crippen LogP contribution in [0.4, 0.5) is 4.79 Å². The highest BCUT2D eigenvalue weighted by Gasteiger charge is 2.57. The van der Waals surface area contributed by atoms with E-state index in [1.54, 1.807) is 0 Å². The smallest absolute Gasteiger partial charge is 0.407 e. The van der Waals surface area contributed by atoms with Gasteiger partial charge in [-0.15, -0.1) is 0 Å². The molecule has 2 amide bonds. The number of hydrogen-bond acceptors (Lipinski definition) is 2. The van der Waals surface area contributed by atoms with Crippen molar-refractivity contribution in [3.8, 4) is 0 Å². The molecule has 0 aromatic rings. The molecule has 1 aliphatic carbocycles. The van der Waals surface area contributed by atoms with Gasteiger partial charge in [-0.1, -0.05) is 6.58 Å². The summed E-state index contributed by atoms with van der Waals surface area (Å²) in [6, 6.07) is 0.163. The van der Waals surface area contributed by atoms with Crippen molar-refractivity contribution >= 4 is 12.0 Å². The second-order valence-electron chi connectivity index (χ2n) is 3.75. The molecule has 5 nitrogen and oxygen atoms in total. The molecule has 1 saturated heterocycles. The Balaban J connectivity index is 1.82. The summed E-state index contributed by atoms with van der Waals surface area (Å²) in [4.78, 5) is 22.9. The molecule has 14 heavy (non-hydrogen) atoms. The molecule has 2 fully saturated rings. The van der Waals surface area contributed by atoms with Crippen molar-refractivity contribution in [1.82, 2.24) is 10.2 Å². The van der Waals surface area contributed by atoms with Crippen LogP contribution in [-0.4, -0.2) is 41.1 Å². The van der Waals surface area contributed by atoms with Crippen molar-refractivity contribution in [2.45, 2.75) is 6.04 Å². The fraction of sp³-hybridized carbons (Fsp3) is 0.556. The van der Waals surface area contributed by atoms with E-state index in [2.05, 4.69) is 11.9 Å². The zero-order valence-electron chi connectivity index (χ0n) is 7.64. The van der Waals surface area contributed by atoms with E-state index in [1.807, 2.05) is 0 Å². The van der Waals surface area contributed by atoms with Crippen LogP contribution in [0.2, 0.25) is 0 Å². The van der Waals surface area contributed by atoms with Gasteiger partial charge in [0.05, 0.1) is 0 Å². The Bertz CT molecular complexity index is 290. The third kappa shape index (κ3) is 1.34. The first kappa shape index (κ1) is 9.05. The summed E-state index contributed by atoms with van der Waals surface area (Å²) in [5.74, 6) is 0.455. The molecule has 0 bridgehead atoms. The number of likely N-dealkylation sites (tertiary alicyclic amines) is 1. The van der Waals surface area contributed by atoms with Crippen molar-refractivity contribution in [2.75, 3.05) is 13.1 Å². The molecule has 2 aliphatic rings. The second-order valence-corrected chi connectivity index (χ2v) is 3.75. The third-order valence-electron chi connectivity index (χ3n) is 2.96. The Hall–Kier alpha value is -1.52. The molecule has 5 heteroatoms. The van der Waals surface area contributed by atoms with Crippen LogP contribution in [0.5, 0.6) is 0 Å². The first-order chi connectivity index (χ1) is 6.63. The average Bonchev–Trinajstić information content (AvgIpc) is 2.64. The largest absolute Gasteiger partial charge is 0.465 e. The number of nitrogens with zero attached hydrogens (tertiary/aromatic N) is 1. The molecule has 0 radical (unpaired) electrons. The summed E-state index contributed by atoms with van der Waals surface area (Å²) in [6.45, 7) is 4.45. The number of rotatable bonds is 2. The maximum absolute atomic E-state index is 10.9. The second kappa shape index (κ2) is 3.01.